The van der Waals surface area contributed by atoms with Gasteiger partial charge in [0.2, 0.25) is 0 Å². The molecule has 0 heterocycles. The summed E-state index contributed by atoms with van der Waals surface area (Å²) in [7, 11) is 0. The molecule has 2 aromatic carbocycles. The fraction of sp³-hybridized carbons (Fsp3) is 0.278. The van der Waals surface area contributed by atoms with Crippen molar-refractivity contribution in [3.8, 4) is 0 Å². The number of hydrogen-bond acceptors (Lipinski definition) is 1. The lowest BCUT2D eigenvalue weighted by molar-refractivity contribution is -0.122. The van der Waals surface area contributed by atoms with Gasteiger partial charge in [-0.15, -0.1) is 0 Å². The van der Waals surface area contributed by atoms with Gasteiger partial charge < -0.3 is 0 Å². The Hall–Kier alpha value is -1.89. The van der Waals surface area contributed by atoms with Crippen LogP contribution in [-0.2, 0) is 4.79 Å². The first-order valence-corrected chi connectivity index (χ1v) is 6.86. The molecule has 1 atom stereocenters. The normalized spacial score (nSPS) is 12.4. The van der Waals surface area contributed by atoms with E-state index >= 15 is 0 Å². The van der Waals surface area contributed by atoms with E-state index in [1.54, 1.807) is 0 Å². The first kappa shape index (κ1) is 13.5. The molecule has 0 saturated carbocycles. The lowest BCUT2D eigenvalue weighted by atomic mass is 9.79. The molecule has 19 heavy (non-hydrogen) atoms. The molecule has 0 aliphatic rings. The minimum atomic E-state index is 0.00907. The number of rotatable bonds is 5. The molecule has 98 valence electrons. The zero-order valence-corrected chi connectivity index (χ0v) is 11.5. The molecule has 0 radical (unpaired) electrons. The highest BCUT2D eigenvalue weighted by Crippen LogP contribution is 2.32. The lowest BCUT2D eigenvalue weighted by Crippen LogP contribution is -2.20. The molecule has 0 spiro atoms. The highest BCUT2D eigenvalue weighted by molar-refractivity contribution is 5.82. The molecule has 0 fully saturated rings. The van der Waals surface area contributed by atoms with Crippen LogP contribution < -0.4 is 0 Å². The Balaban J connectivity index is 2.43. The van der Waals surface area contributed by atoms with Gasteiger partial charge in [-0.2, -0.15) is 0 Å². The molecule has 1 unspecified atom stereocenters. The summed E-state index contributed by atoms with van der Waals surface area (Å²) < 4.78 is 0. The first-order chi connectivity index (χ1) is 9.24. The Kier molecular flexibility index (Phi) is 4.51. The molecule has 1 heteroatoms. The number of carbonyl (C=O) groups is 1. The van der Waals surface area contributed by atoms with E-state index in [0.717, 1.165) is 0 Å². The smallest absolute Gasteiger partial charge is 0.136 e. The van der Waals surface area contributed by atoms with Crippen LogP contribution in [0.15, 0.2) is 60.7 Å². The Labute approximate surface area is 115 Å². The van der Waals surface area contributed by atoms with Crippen LogP contribution in [0.5, 0.6) is 0 Å². The maximum Gasteiger partial charge on any atom is 0.136 e. The SMILES string of the molecule is CCC(=O)C(C)C(c1ccccc1)c1ccccc1. The average Bonchev–Trinajstić information content (AvgIpc) is 2.49. The van der Waals surface area contributed by atoms with Crippen molar-refractivity contribution in [2.75, 3.05) is 0 Å². The van der Waals surface area contributed by atoms with Gasteiger partial charge in [0.1, 0.15) is 5.78 Å². The summed E-state index contributed by atoms with van der Waals surface area (Å²) in [5, 5.41) is 0. The predicted molar refractivity (Wildman–Crippen MR) is 79.2 cm³/mol. The number of carbonyl (C=O) groups excluding carboxylic acids is 1. The van der Waals surface area contributed by atoms with Crippen molar-refractivity contribution in [2.24, 2.45) is 5.92 Å². The quantitative estimate of drug-likeness (QED) is 0.769. The van der Waals surface area contributed by atoms with Crippen molar-refractivity contribution >= 4 is 5.78 Å². The van der Waals surface area contributed by atoms with Crippen molar-refractivity contribution < 1.29 is 4.79 Å². The van der Waals surface area contributed by atoms with Crippen molar-refractivity contribution in [3.05, 3.63) is 71.8 Å². The second-order valence-corrected chi connectivity index (χ2v) is 4.91. The number of hydrogen-bond donors (Lipinski definition) is 0. The van der Waals surface area contributed by atoms with Crippen LogP contribution in [0.3, 0.4) is 0 Å². The third-order valence-electron chi connectivity index (χ3n) is 3.67. The largest absolute Gasteiger partial charge is 0.299 e. The topological polar surface area (TPSA) is 17.1 Å². The van der Waals surface area contributed by atoms with Crippen LogP contribution in [0, 0.1) is 5.92 Å². The summed E-state index contributed by atoms with van der Waals surface area (Å²) in [6, 6.07) is 20.6. The minimum Gasteiger partial charge on any atom is -0.299 e. The molecule has 0 amide bonds. The van der Waals surface area contributed by atoms with E-state index in [9.17, 15) is 4.79 Å². The van der Waals surface area contributed by atoms with Crippen LogP contribution in [0.1, 0.15) is 37.3 Å². The van der Waals surface area contributed by atoms with Crippen LogP contribution in [0.2, 0.25) is 0 Å². The van der Waals surface area contributed by atoms with Gasteiger partial charge in [-0.1, -0.05) is 74.5 Å². The van der Waals surface area contributed by atoms with Crippen molar-refractivity contribution in [3.63, 3.8) is 0 Å². The number of Topliss-reactive ketones (excluding diaryl/α,β-unsaturated/α-hetero) is 1. The monoisotopic (exact) mass is 252 g/mol. The molecular weight excluding hydrogens is 232 g/mol. The summed E-state index contributed by atoms with van der Waals surface area (Å²) in [6.07, 6.45) is 0.595. The van der Waals surface area contributed by atoms with E-state index in [-0.39, 0.29) is 11.8 Å². The van der Waals surface area contributed by atoms with Crippen molar-refractivity contribution in [2.45, 2.75) is 26.2 Å². The number of ketones is 1. The second-order valence-electron chi connectivity index (χ2n) is 4.91. The molecular formula is C18H20O. The maximum absolute atomic E-state index is 12.1. The Bertz CT molecular complexity index is 476. The van der Waals surface area contributed by atoms with Gasteiger partial charge in [0.25, 0.3) is 0 Å². The predicted octanol–water partition coefficient (Wildman–Crippen LogP) is 4.43. The van der Waals surface area contributed by atoms with Gasteiger partial charge in [0, 0.05) is 18.3 Å². The summed E-state index contributed by atoms with van der Waals surface area (Å²) in [5.41, 5.74) is 2.42. The van der Waals surface area contributed by atoms with E-state index < -0.39 is 0 Å². The molecule has 0 aromatic heterocycles. The standard InChI is InChI=1S/C18H20O/c1-3-17(19)14(2)18(15-10-6-4-7-11-15)16-12-8-5-9-13-16/h4-14,18H,3H2,1-2H3. The van der Waals surface area contributed by atoms with Crippen molar-refractivity contribution in [1.29, 1.82) is 0 Å². The van der Waals surface area contributed by atoms with Crippen LogP contribution in [0.25, 0.3) is 0 Å². The van der Waals surface area contributed by atoms with E-state index in [4.69, 9.17) is 0 Å². The molecule has 1 nitrogen and oxygen atoms in total. The van der Waals surface area contributed by atoms with Gasteiger partial charge >= 0.3 is 0 Å². The molecule has 2 rings (SSSR count). The third-order valence-corrected chi connectivity index (χ3v) is 3.67. The summed E-state index contributed by atoms with van der Waals surface area (Å²) in [4.78, 5) is 12.1. The Morgan fingerprint density at radius 3 is 1.68 bits per heavy atom. The fourth-order valence-corrected chi connectivity index (χ4v) is 2.60. The fourth-order valence-electron chi connectivity index (χ4n) is 2.60. The van der Waals surface area contributed by atoms with Crippen LogP contribution in [0.4, 0.5) is 0 Å². The molecule has 0 aliphatic heterocycles. The van der Waals surface area contributed by atoms with Gasteiger partial charge in [-0.05, 0) is 11.1 Å². The maximum atomic E-state index is 12.1. The Morgan fingerprint density at radius 2 is 1.32 bits per heavy atom. The van der Waals surface area contributed by atoms with Gasteiger partial charge in [0.05, 0.1) is 0 Å². The lowest BCUT2D eigenvalue weighted by Gasteiger charge is -2.24. The Morgan fingerprint density at radius 1 is 0.895 bits per heavy atom. The second kappa shape index (κ2) is 6.33. The molecule has 2 aromatic rings. The highest BCUT2D eigenvalue weighted by atomic mass is 16.1. The van der Waals surface area contributed by atoms with Gasteiger partial charge in [-0.3, -0.25) is 4.79 Å². The zero-order chi connectivity index (χ0) is 13.7. The molecule has 0 N–H and O–H groups in total. The molecule has 0 bridgehead atoms. The number of benzene rings is 2. The summed E-state index contributed by atoms with van der Waals surface area (Å²) in [5.74, 6) is 0.474. The van der Waals surface area contributed by atoms with E-state index in [1.165, 1.54) is 11.1 Å². The van der Waals surface area contributed by atoms with Crippen LogP contribution in [-0.4, -0.2) is 5.78 Å². The summed E-state index contributed by atoms with van der Waals surface area (Å²) in [6.45, 7) is 3.97. The van der Waals surface area contributed by atoms with E-state index in [1.807, 2.05) is 50.2 Å². The molecule has 0 aliphatic carbocycles. The highest BCUT2D eigenvalue weighted by Gasteiger charge is 2.25. The first-order valence-electron chi connectivity index (χ1n) is 6.86. The van der Waals surface area contributed by atoms with E-state index in [2.05, 4.69) is 24.3 Å². The van der Waals surface area contributed by atoms with Gasteiger partial charge in [-0.25, -0.2) is 0 Å². The third kappa shape index (κ3) is 3.11. The molecule has 0 saturated heterocycles. The minimum absolute atomic E-state index is 0.00907. The average molecular weight is 252 g/mol. The zero-order valence-electron chi connectivity index (χ0n) is 11.5. The van der Waals surface area contributed by atoms with E-state index in [0.29, 0.717) is 12.2 Å². The van der Waals surface area contributed by atoms with Crippen LogP contribution >= 0.6 is 0 Å². The van der Waals surface area contributed by atoms with Gasteiger partial charge in [0.15, 0.2) is 0 Å². The van der Waals surface area contributed by atoms with Crippen molar-refractivity contribution in [1.82, 2.24) is 0 Å². The summed E-state index contributed by atoms with van der Waals surface area (Å²) >= 11 is 0.